The fraction of sp³-hybridized carbons (Fsp3) is 0.700. The SMILES string of the molecule is C[C@@H](O)[C@H](N)C(=O)N[C@@H](CO)C(=O)N[C@@H](CO)C(=O)N[C@@H](CC(N)=O)C(=O)N[C@@H](CCCN=C(N)N)C(=O)N[C@@H](CCCCN)C(=O)N[C@H](C(=O)O)[C@@H](C)O. The number of aliphatic hydroxyl groups is 4. The Kier molecular flexibility index (Phi) is 23.3. The maximum Gasteiger partial charge on any atom is 0.328 e. The van der Waals surface area contributed by atoms with Gasteiger partial charge < -0.3 is 86.1 Å². The molecule has 0 bridgehead atoms. The van der Waals surface area contributed by atoms with E-state index in [1.165, 1.54) is 6.92 Å². The Morgan fingerprint density at radius 3 is 1.44 bits per heavy atom. The van der Waals surface area contributed by atoms with Crippen molar-refractivity contribution in [3.05, 3.63) is 0 Å². The lowest BCUT2D eigenvalue weighted by Gasteiger charge is -2.27. The van der Waals surface area contributed by atoms with Gasteiger partial charge in [-0.2, -0.15) is 0 Å². The van der Waals surface area contributed by atoms with Gasteiger partial charge in [0.15, 0.2) is 12.0 Å². The van der Waals surface area contributed by atoms with E-state index in [4.69, 9.17) is 28.7 Å². The number of aliphatic carboxylic acids is 1. The maximum absolute atomic E-state index is 13.6. The number of nitrogens with zero attached hydrogens (tertiary/aromatic N) is 1. The van der Waals surface area contributed by atoms with Gasteiger partial charge in [-0.3, -0.25) is 38.6 Å². The van der Waals surface area contributed by atoms with Crippen LogP contribution in [-0.4, -0.2) is 160 Å². The standard InChI is InChI=1S/C30H56N12O13/c1-13(45)21(33)28(53)41-19(12-44)27(52)40-18(11-43)26(51)39-17(10-20(32)47)25(50)38-16(7-5-9-36-30(34)35)23(48)37-15(6-3-4-8-31)24(49)42-22(14(2)46)29(54)55/h13-19,21-22,43-46H,3-12,31,33H2,1-2H3,(H2,32,47)(H,37,48)(H,38,50)(H,39,51)(H,40,52)(H,41,53)(H,42,49)(H,54,55)(H4,34,35,36)/t13-,14-,15+,16+,17+,18+,19+,21+,22+/m1/s1. The fourth-order valence-electron chi connectivity index (χ4n) is 4.55. The van der Waals surface area contributed by atoms with Crippen LogP contribution in [0.1, 0.15) is 52.4 Å². The van der Waals surface area contributed by atoms with Gasteiger partial charge >= 0.3 is 5.97 Å². The largest absolute Gasteiger partial charge is 0.480 e. The molecule has 0 aliphatic heterocycles. The number of rotatable bonds is 27. The second-order valence-electron chi connectivity index (χ2n) is 12.4. The summed E-state index contributed by atoms with van der Waals surface area (Å²) in [7, 11) is 0. The summed E-state index contributed by atoms with van der Waals surface area (Å²) in [6.07, 6.45) is -3.19. The number of carbonyl (C=O) groups is 8. The van der Waals surface area contributed by atoms with Crippen molar-refractivity contribution in [3.8, 4) is 0 Å². The quantitative estimate of drug-likeness (QED) is 0.0209. The minimum atomic E-state index is -1.84. The Labute approximate surface area is 315 Å². The van der Waals surface area contributed by atoms with Crippen molar-refractivity contribution in [3.63, 3.8) is 0 Å². The van der Waals surface area contributed by atoms with Crippen LogP contribution in [0.5, 0.6) is 0 Å². The van der Waals surface area contributed by atoms with E-state index in [1.54, 1.807) is 0 Å². The first kappa shape index (κ1) is 49.8. The molecule has 25 nitrogen and oxygen atoms in total. The summed E-state index contributed by atoms with van der Waals surface area (Å²) in [6, 6.07) is -11.5. The molecule has 0 aromatic heterocycles. The van der Waals surface area contributed by atoms with Crippen LogP contribution < -0.4 is 60.6 Å². The number of hydrogen-bond acceptors (Lipinski definition) is 15. The van der Waals surface area contributed by atoms with Crippen molar-refractivity contribution in [1.82, 2.24) is 31.9 Å². The second kappa shape index (κ2) is 25.7. The van der Waals surface area contributed by atoms with Gasteiger partial charge in [0.05, 0.1) is 31.8 Å². The summed E-state index contributed by atoms with van der Waals surface area (Å²) in [6.45, 7) is 0.426. The van der Waals surface area contributed by atoms with Crippen LogP contribution in [0.3, 0.4) is 0 Å². The van der Waals surface area contributed by atoms with E-state index in [-0.39, 0.29) is 38.3 Å². The Balaban J connectivity index is 6.27. The van der Waals surface area contributed by atoms with Crippen LogP contribution in [0.4, 0.5) is 0 Å². The average Bonchev–Trinajstić information content (AvgIpc) is 3.10. The summed E-state index contributed by atoms with van der Waals surface area (Å²) in [5.41, 5.74) is 27.0. The lowest BCUT2D eigenvalue weighted by Crippen LogP contribution is -2.61. The number of hydrogen-bond donors (Lipinski definition) is 16. The van der Waals surface area contributed by atoms with Crippen LogP contribution in [-0.2, 0) is 38.4 Å². The van der Waals surface area contributed by atoms with E-state index >= 15 is 0 Å². The number of carboxylic acids is 1. The molecule has 0 aliphatic carbocycles. The third-order valence-corrected chi connectivity index (χ3v) is 7.70. The molecule has 314 valence electrons. The third-order valence-electron chi connectivity index (χ3n) is 7.70. The van der Waals surface area contributed by atoms with Gasteiger partial charge in [-0.15, -0.1) is 0 Å². The van der Waals surface area contributed by atoms with Crippen molar-refractivity contribution >= 4 is 53.3 Å². The first-order valence-corrected chi connectivity index (χ1v) is 17.1. The van der Waals surface area contributed by atoms with Crippen LogP contribution >= 0.6 is 0 Å². The van der Waals surface area contributed by atoms with E-state index in [1.807, 2.05) is 5.32 Å². The lowest BCUT2D eigenvalue weighted by atomic mass is 10.0. The molecule has 21 N–H and O–H groups in total. The highest BCUT2D eigenvalue weighted by atomic mass is 16.4. The summed E-state index contributed by atoms with van der Waals surface area (Å²) in [5.74, 6) is -9.55. The highest BCUT2D eigenvalue weighted by Gasteiger charge is 2.34. The molecule has 0 heterocycles. The van der Waals surface area contributed by atoms with Crippen molar-refractivity contribution in [2.75, 3.05) is 26.3 Å². The molecule has 0 spiro atoms. The molecule has 55 heavy (non-hydrogen) atoms. The number of aliphatic hydroxyl groups excluding tert-OH is 4. The maximum atomic E-state index is 13.6. The molecular weight excluding hydrogens is 736 g/mol. The number of amides is 7. The molecule has 9 atom stereocenters. The molecule has 0 unspecified atom stereocenters. The highest BCUT2D eigenvalue weighted by Crippen LogP contribution is 2.07. The summed E-state index contributed by atoms with van der Waals surface area (Å²) < 4.78 is 0. The number of nitrogens with one attached hydrogen (secondary N) is 6. The van der Waals surface area contributed by atoms with Crippen molar-refractivity contribution in [2.45, 2.75) is 107 Å². The molecule has 0 saturated heterocycles. The van der Waals surface area contributed by atoms with E-state index in [9.17, 15) is 63.9 Å². The molecule has 0 radical (unpaired) electrons. The zero-order valence-corrected chi connectivity index (χ0v) is 30.6. The zero-order valence-electron chi connectivity index (χ0n) is 30.6. The first-order chi connectivity index (χ1) is 25.7. The molecule has 7 amide bonds. The third kappa shape index (κ3) is 19.1. The number of unbranched alkanes of at least 4 members (excludes halogenated alkanes) is 1. The number of carbonyl (C=O) groups excluding carboxylic acids is 7. The van der Waals surface area contributed by atoms with Gasteiger partial charge in [0.2, 0.25) is 41.4 Å². The van der Waals surface area contributed by atoms with E-state index in [0.29, 0.717) is 12.8 Å². The van der Waals surface area contributed by atoms with Crippen molar-refractivity contribution < 1.29 is 63.9 Å². The Hall–Kier alpha value is -5.21. The molecule has 25 heteroatoms. The zero-order chi connectivity index (χ0) is 42.4. The Morgan fingerprint density at radius 2 is 1.02 bits per heavy atom. The van der Waals surface area contributed by atoms with E-state index in [0.717, 1.165) is 6.92 Å². The van der Waals surface area contributed by atoms with Gasteiger partial charge in [0.25, 0.3) is 0 Å². The Morgan fingerprint density at radius 1 is 0.600 bits per heavy atom. The minimum absolute atomic E-state index is 0.0311. The fourth-order valence-corrected chi connectivity index (χ4v) is 4.55. The van der Waals surface area contributed by atoms with Gasteiger partial charge in [0, 0.05) is 6.54 Å². The number of nitrogens with two attached hydrogens (primary N) is 5. The van der Waals surface area contributed by atoms with Crippen LogP contribution in [0.15, 0.2) is 4.99 Å². The van der Waals surface area contributed by atoms with Crippen molar-refractivity contribution in [1.29, 1.82) is 0 Å². The Bertz CT molecular complexity index is 1350. The number of primary amides is 1. The van der Waals surface area contributed by atoms with Gasteiger partial charge in [-0.25, -0.2) is 4.79 Å². The van der Waals surface area contributed by atoms with Gasteiger partial charge in [-0.05, 0) is 52.5 Å². The second-order valence-corrected chi connectivity index (χ2v) is 12.4. The molecule has 0 saturated carbocycles. The summed E-state index contributed by atoms with van der Waals surface area (Å²) >= 11 is 0. The molecule has 0 aromatic carbocycles. The predicted octanol–water partition coefficient (Wildman–Crippen LogP) is -8.89. The molecule has 0 aromatic rings. The lowest BCUT2D eigenvalue weighted by molar-refractivity contribution is -0.145. The van der Waals surface area contributed by atoms with Crippen LogP contribution in [0.2, 0.25) is 0 Å². The number of carboxylic acid groups (broad SMARTS) is 1. The topological polar surface area (TPSA) is 452 Å². The average molecular weight is 793 g/mol. The normalized spacial score (nSPS) is 15.9. The number of aliphatic imine (C=N–C) groups is 1. The summed E-state index contributed by atoms with van der Waals surface area (Å²) in [5, 5.41) is 61.3. The monoisotopic (exact) mass is 792 g/mol. The predicted molar refractivity (Wildman–Crippen MR) is 191 cm³/mol. The number of guanidine groups is 1. The van der Waals surface area contributed by atoms with E-state index < -0.39 is 121 Å². The molecule has 0 rings (SSSR count). The van der Waals surface area contributed by atoms with Crippen LogP contribution in [0, 0.1) is 0 Å². The first-order valence-electron chi connectivity index (χ1n) is 17.1. The molecule has 0 aliphatic rings. The molecule has 0 fully saturated rings. The van der Waals surface area contributed by atoms with Crippen molar-refractivity contribution in [2.24, 2.45) is 33.7 Å². The highest BCUT2D eigenvalue weighted by molar-refractivity contribution is 5.98. The van der Waals surface area contributed by atoms with Gasteiger partial charge in [0.1, 0.15) is 36.3 Å². The minimum Gasteiger partial charge on any atom is -0.480 e. The smallest absolute Gasteiger partial charge is 0.328 e. The summed E-state index contributed by atoms with van der Waals surface area (Å²) in [4.78, 5) is 105. The van der Waals surface area contributed by atoms with Crippen LogP contribution in [0.25, 0.3) is 0 Å². The molecular formula is C30H56N12O13. The van der Waals surface area contributed by atoms with E-state index in [2.05, 4.69) is 31.6 Å². The van der Waals surface area contributed by atoms with Gasteiger partial charge in [-0.1, -0.05) is 0 Å².